The molecule has 0 unspecified atom stereocenters. The van der Waals surface area contributed by atoms with Crippen LogP contribution in [0.5, 0.6) is 0 Å². The average molecular weight is 308 g/mol. The van der Waals surface area contributed by atoms with Gasteiger partial charge in [-0.3, -0.25) is 4.79 Å². The van der Waals surface area contributed by atoms with Gasteiger partial charge < -0.3 is 4.90 Å². The highest BCUT2D eigenvalue weighted by molar-refractivity contribution is 9.10. The van der Waals surface area contributed by atoms with Gasteiger partial charge in [0.15, 0.2) is 0 Å². The Hall–Kier alpha value is -0.830. The number of rotatable bonds is 1. The average Bonchev–Trinajstić information content (AvgIpc) is 2.72. The molecule has 2 saturated heterocycles. The monoisotopic (exact) mass is 307 g/mol. The molecule has 18 heavy (non-hydrogen) atoms. The minimum absolute atomic E-state index is 0.196. The lowest BCUT2D eigenvalue weighted by Crippen LogP contribution is -2.34. The predicted molar refractivity (Wildman–Crippen MR) is 75.5 cm³/mol. The van der Waals surface area contributed by atoms with Crippen LogP contribution in [0.2, 0.25) is 0 Å². The van der Waals surface area contributed by atoms with E-state index in [-0.39, 0.29) is 5.91 Å². The highest BCUT2D eigenvalue weighted by Crippen LogP contribution is 2.34. The SMILES string of the molecule is O=C(c1ccccc1Br)N1CC2CCC(CC2)C1. The number of halogens is 1. The van der Waals surface area contributed by atoms with Gasteiger partial charge in [0, 0.05) is 17.6 Å². The van der Waals surface area contributed by atoms with Gasteiger partial charge in [0.2, 0.25) is 0 Å². The van der Waals surface area contributed by atoms with E-state index in [0.29, 0.717) is 0 Å². The molecule has 2 aliphatic heterocycles. The van der Waals surface area contributed by atoms with Gasteiger partial charge in [-0.15, -0.1) is 0 Å². The van der Waals surface area contributed by atoms with Crippen LogP contribution in [-0.2, 0) is 0 Å². The number of hydrogen-bond donors (Lipinski definition) is 0. The van der Waals surface area contributed by atoms with Crippen molar-refractivity contribution in [3.8, 4) is 0 Å². The van der Waals surface area contributed by atoms with Crippen molar-refractivity contribution in [1.82, 2.24) is 4.90 Å². The molecule has 0 aromatic heterocycles. The second-order valence-electron chi connectivity index (χ2n) is 5.58. The molecule has 1 aromatic rings. The van der Waals surface area contributed by atoms with Crippen LogP contribution in [0.1, 0.15) is 36.0 Å². The summed E-state index contributed by atoms with van der Waals surface area (Å²) in [6, 6.07) is 7.75. The molecule has 0 N–H and O–H groups in total. The van der Waals surface area contributed by atoms with E-state index in [1.54, 1.807) is 0 Å². The molecule has 2 bridgehead atoms. The maximum absolute atomic E-state index is 12.6. The first-order valence-corrected chi connectivity index (χ1v) is 7.57. The minimum atomic E-state index is 0.196. The third-order valence-electron chi connectivity index (χ3n) is 4.31. The van der Waals surface area contributed by atoms with Crippen LogP contribution >= 0.6 is 15.9 Å². The molecule has 3 heteroatoms. The summed E-state index contributed by atoms with van der Waals surface area (Å²) in [5.74, 6) is 1.66. The Kier molecular flexibility index (Phi) is 3.42. The number of carbonyl (C=O) groups is 1. The summed E-state index contributed by atoms with van der Waals surface area (Å²) in [6.07, 6.45) is 5.24. The summed E-state index contributed by atoms with van der Waals surface area (Å²) in [5.41, 5.74) is 0.804. The van der Waals surface area contributed by atoms with Gasteiger partial charge in [0.05, 0.1) is 5.56 Å². The van der Waals surface area contributed by atoms with Gasteiger partial charge in [-0.25, -0.2) is 0 Å². The van der Waals surface area contributed by atoms with E-state index in [0.717, 1.165) is 35.0 Å². The number of hydrogen-bond acceptors (Lipinski definition) is 1. The maximum atomic E-state index is 12.6. The van der Waals surface area contributed by atoms with Crippen molar-refractivity contribution in [2.24, 2.45) is 11.8 Å². The number of nitrogens with zero attached hydrogens (tertiary/aromatic N) is 1. The Labute approximate surface area is 116 Å². The van der Waals surface area contributed by atoms with Crippen molar-refractivity contribution in [1.29, 1.82) is 0 Å². The topological polar surface area (TPSA) is 20.3 Å². The van der Waals surface area contributed by atoms with E-state index >= 15 is 0 Å². The van der Waals surface area contributed by atoms with Crippen LogP contribution in [0.3, 0.4) is 0 Å². The van der Waals surface area contributed by atoms with Crippen molar-refractivity contribution in [3.05, 3.63) is 34.3 Å². The predicted octanol–water partition coefficient (Wildman–Crippen LogP) is 3.71. The van der Waals surface area contributed by atoms with Crippen molar-refractivity contribution >= 4 is 21.8 Å². The molecule has 1 saturated carbocycles. The zero-order chi connectivity index (χ0) is 12.5. The zero-order valence-corrected chi connectivity index (χ0v) is 12.0. The van der Waals surface area contributed by atoms with Gasteiger partial charge in [-0.05, 0) is 65.6 Å². The maximum Gasteiger partial charge on any atom is 0.255 e. The first kappa shape index (κ1) is 12.2. The first-order chi connectivity index (χ1) is 8.74. The fraction of sp³-hybridized carbons (Fsp3) is 0.533. The Morgan fingerprint density at radius 2 is 1.61 bits per heavy atom. The van der Waals surface area contributed by atoms with Crippen LogP contribution < -0.4 is 0 Å². The number of fused-ring (bicyclic) bond motifs is 4. The smallest absolute Gasteiger partial charge is 0.255 e. The van der Waals surface area contributed by atoms with E-state index in [9.17, 15) is 4.79 Å². The Bertz CT molecular complexity index is 438. The standard InChI is InChI=1S/C15H18BrNO/c16-14-4-2-1-3-13(14)15(18)17-9-11-5-6-12(10-17)8-7-11/h1-4,11-12H,5-10H2. The largest absolute Gasteiger partial charge is 0.338 e. The molecule has 2 heterocycles. The summed E-state index contributed by atoms with van der Waals surface area (Å²) in [7, 11) is 0. The molecule has 4 rings (SSSR count). The molecule has 0 radical (unpaired) electrons. The van der Waals surface area contributed by atoms with E-state index < -0.39 is 0 Å². The molecule has 2 nitrogen and oxygen atoms in total. The van der Waals surface area contributed by atoms with E-state index in [1.807, 2.05) is 24.3 Å². The minimum Gasteiger partial charge on any atom is -0.338 e. The quantitative estimate of drug-likeness (QED) is 0.774. The first-order valence-electron chi connectivity index (χ1n) is 6.78. The molecule has 3 fully saturated rings. The third kappa shape index (κ3) is 2.33. The summed E-state index contributed by atoms with van der Waals surface area (Å²) in [6.45, 7) is 1.91. The highest BCUT2D eigenvalue weighted by Gasteiger charge is 2.32. The number of carbonyl (C=O) groups excluding carboxylic acids is 1. The molecule has 0 spiro atoms. The summed E-state index contributed by atoms with van der Waals surface area (Å²) in [5, 5.41) is 0. The van der Waals surface area contributed by atoms with Gasteiger partial charge >= 0.3 is 0 Å². The zero-order valence-electron chi connectivity index (χ0n) is 10.4. The lowest BCUT2D eigenvalue weighted by atomic mass is 9.84. The Morgan fingerprint density at radius 3 is 2.17 bits per heavy atom. The fourth-order valence-electron chi connectivity index (χ4n) is 3.27. The summed E-state index contributed by atoms with van der Waals surface area (Å²) in [4.78, 5) is 14.7. The molecular formula is C15H18BrNO. The van der Waals surface area contributed by atoms with Crippen molar-refractivity contribution < 1.29 is 4.79 Å². The molecule has 1 amide bonds. The second kappa shape index (κ2) is 5.04. The molecule has 0 atom stereocenters. The highest BCUT2D eigenvalue weighted by atomic mass is 79.9. The summed E-state index contributed by atoms with van der Waals surface area (Å²) < 4.78 is 0.909. The van der Waals surface area contributed by atoms with Gasteiger partial charge in [-0.1, -0.05) is 12.1 Å². The van der Waals surface area contributed by atoms with E-state index in [4.69, 9.17) is 0 Å². The van der Waals surface area contributed by atoms with Gasteiger partial charge in [0.1, 0.15) is 0 Å². The molecule has 3 aliphatic rings. The third-order valence-corrected chi connectivity index (χ3v) is 5.01. The lowest BCUT2D eigenvalue weighted by Gasteiger charge is -2.23. The molecule has 1 aliphatic carbocycles. The van der Waals surface area contributed by atoms with Crippen molar-refractivity contribution in [2.45, 2.75) is 25.7 Å². The normalized spacial score (nSPS) is 27.1. The van der Waals surface area contributed by atoms with Crippen LogP contribution in [-0.4, -0.2) is 23.9 Å². The van der Waals surface area contributed by atoms with E-state index in [2.05, 4.69) is 20.8 Å². The van der Waals surface area contributed by atoms with E-state index in [1.165, 1.54) is 25.7 Å². The summed E-state index contributed by atoms with van der Waals surface area (Å²) >= 11 is 3.48. The second-order valence-corrected chi connectivity index (χ2v) is 6.43. The van der Waals surface area contributed by atoms with Crippen LogP contribution in [0.15, 0.2) is 28.7 Å². The van der Waals surface area contributed by atoms with Crippen molar-refractivity contribution in [2.75, 3.05) is 13.1 Å². The van der Waals surface area contributed by atoms with Crippen molar-refractivity contribution in [3.63, 3.8) is 0 Å². The van der Waals surface area contributed by atoms with Gasteiger partial charge in [-0.2, -0.15) is 0 Å². The molecular weight excluding hydrogens is 290 g/mol. The Balaban J connectivity index is 1.82. The van der Waals surface area contributed by atoms with Crippen LogP contribution in [0, 0.1) is 11.8 Å². The molecule has 96 valence electrons. The number of benzene rings is 1. The molecule has 1 aromatic carbocycles. The van der Waals surface area contributed by atoms with Crippen LogP contribution in [0.25, 0.3) is 0 Å². The van der Waals surface area contributed by atoms with Crippen LogP contribution in [0.4, 0.5) is 0 Å². The number of amides is 1. The lowest BCUT2D eigenvalue weighted by molar-refractivity contribution is 0.0738. The Morgan fingerprint density at radius 1 is 1.06 bits per heavy atom. The van der Waals surface area contributed by atoms with Gasteiger partial charge in [0.25, 0.3) is 5.91 Å². The fourth-order valence-corrected chi connectivity index (χ4v) is 3.72.